The minimum atomic E-state index is -4.61. The highest BCUT2D eigenvalue weighted by atomic mass is 35.7. The molecule has 0 heterocycles. The number of amides is 1. The van der Waals surface area contributed by atoms with E-state index < -0.39 is 44.0 Å². The molecule has 118 valence electrons. The molecule has 4 nitrogen and oxygen atoms in total. The molecule has 0 atom stereocenters. The molecule has 0 unspecified atom stereocenters. The van der Waals surface area contributed by atoms with E-state index in [0.717, 1.165) is 13.1 Å². The van der Waals surface area contributed by atoms with Crippen LogP contribution in [0.4, 0.5) is 17.6 Å². The SMILES string of the molecule is Cc1cc(C(=O)N(C)CC(F)(F)F)cc(S(=O)(=O)Cl)c1F. The molecule has 21 heavy (non-hydrogen) atoms. The predicted octanol–water partition coefficient (Wildman–Crippen LogP) is 2.70. The number of alkyl halides is 3. The summed E-state index contributed by atoms with van der Waals surface area (Å²) in [5, 5.41) is 0. The first kappa shape index (κ1) is 17.7. The zero-order chi connectivity index (χ0) is 16.6. The highest BCUT2D eigenvalue weighted by molar-refractivity contribution is 8.13. The summed E-state index contributed by atoms with van der Waals surface area (Å²) in [6, 6.07) is 1.57. The molecule has 0 aliphatic rings. The molecule has 0 saturated heterocycles. The van der Waals surface area contributed by atoms with E-state index in [4.69, 9.17) is 10.7 Å². The summed E-state index contributed by atoms with van der Waals surface area (Å²) >= 11 is 0. The summed E-state index contributed by atoms with van der Waals surface area (Å²) < 4.78 is 72.7. The van der Waals surface area contributed by atoms with Gasteiger partial charge in [0.05, 0.1) is 0 Å². The van der Waals surface area contributed by atoms with Crippen molar-refractivity contribution in [2.45, 2.75) is 18.0 Å². The van der Waals surface area contributed by atoms with Gasteiger partial charge in [0.15, 0.2) is 0 Å². The molecule has 0 saturated carbocycles. The lowest BCUT2D eigenvalue weighted by atomic mass is 10.1. The highest BCUT2D eigenvalue weighted by Crippen LogP contribution is 2.25. The molecule has 0 bridgehead atoms. The second-order valence-electron chi connectivity index (χ2n) is 4.32. The van der Waals surface area contributed by atoms with E-state index in [0.29, 0.717) is 11.0 Å². The van der Waals surface area contributed by atoms with E-state index in [1.54, 1.807) is 0 Å². The number of carbonyl (C=O) groups excluding carboxylic acids is 1. The fraction of sp³-hybridized carbons (Fsp3) is 0.364. The van der Waals surface area contributed by atoms with Crippen molar-refractivity contribution in [3.8, 4) is 0 Å². The van der Waals surface area contributed by atoms with Crippen LogP contribution in [0.1, 0.15) is 15.9 Å². The van der Waals surface area contributed by atoms with Gasteiger partial charge in [0.2, 0.25) is 0 Å². The fourth-order valence-corrected chi connectivity index (χ4v) is 2.58. The van der Waals surface area contributed by atoms with Gasteiger partial charge in [-0.05, 0) is 24.6 Å². The van der Waals surface area contributed by atoms with Crippen LogP contribution in [-0.4, -0.2) is 39.0 Å². The van der Waals surface area contributed by atoms with E-state index in [-0.39, 0.29) is 5.56 Å². The third-order valence-corrected chi connectivity index (χ3v) is 3.82. The van der Waals surface area contributed by atoms with Gasteiger partial charge in [-0.1, -0.05) is 0 Å². The second-order valence-corrected chi connectivity index (χ2v) is 6.85. The Bertz CT molecular complexity index is 673. The second kappa shape index (κ2) is 5.80. The quantitative estimate of drug-likeness (QED) is 0.624. The molecule has 0 radical (unpaired) electrons. The molecular weight excluding hydrogens is 338 g/mol. The Hall–Kier alpha value is -1.35. The fourth-order valence-electron chi connectivity index (χ4n) is 1.60. The van der Waals surface area contributed by atoms with Gasteiger partial charge < -0.3 is 4.90 Å². The Kier molecular flexibility index (Phi) is 4.89. The maximum atomic E-state index is 13.6. The minimum absolute atomic E-state index is 0.222. The van der Waals surface area contributed by atoms with Crippen molar-refractivity contribution in [2.24, 2.45) is 0 Å². The van der Waals surface area contributed by atoms with Crippen molar-refractivity contribution in [1.82, 2.24) is 4.90 Å². The Morgan fingerprint density at radius 1 is 1.33 bits per heavy atom. The van der Waals surface area contributed by atoms with Gasteiger partial charge >= 0.3 is 6.18 Å². The summed E-state index contributed by atoms with van der Waals surface area (Å²) in [5.74, 6) is -2.25. The first-order chi connectivity index (χ1) is 9.33. The molecule has 0 N–H and O–H groups in total. The third kappa shape index (κ3) is 4.57. The van der Waals surface area contributed by atoms with Crippen molar-refractivity contribution < 1.29 is 30.8 Å². The molecule has 0 aromatic heterocycles. The largest absolute Gasteiger partial charge is 0.406 e. The van der Waals surface area contributed by atoms with Gasteiger partial charge in [-0.2, -0.15) is 13.2 Å². The van der Waals surface area contributed by atoms with Gasteiger partial charge in [0.25, 0.3) is 15.0 Å². The molecule has 0 aliphatic heterocycles. The Morgan fingerprint density at radius 2 is 1.86 bits per heavy atom. The molecule has 1 aromatic carbocycles. The number of rotatable bonds is 3. The van der Waals surface area contributed by atoms with Crippen LogP contribution in [-0.2, 0) is 9.05 Å². The molecule has 1 aromatic rings. The molecule has 10 heteroatoms. The number of halogens is 5. The summed E-state index contributed by atoms with van der Waals surface area (Å²) in [4.78, 5) is 11.2. The first-order valence-corrected chi connectivity index (χ1v) is 7.71. The van der Waals surface area contributed by atoms with Crippen molar-refractivity contribution in [2.75, 3.05) is 13.6 Å². The lowest BCUT2D eigenvalue weighted by Gasteiger charge is -2.19. The summed E-state index contributed by atoms with van der Waals surface area (Å²) in [5.41, 5.74) is -0.625. The van der Waals surface area contributed by atoms with Crippen LogP contribution >= 0.6 is 10.7 Å². The van der Waals surface area contributed by atoms with E-state index in [1.165, 1.54) is 6.92 Å². The third-order valence-electron chi connectivity index (χ3n) is 2.49. The molecule has 1 amide bonds. The predicted molar refractivity (Wildman–Crippen MR) is 67.2 cm³/mol. The average Bonchev–Trinajstić information content (AvgIpc) is 2.27. The van der Waals surface area contributed by atoms with E-state index in [2.05, 4.69) is 0 Å². The van der Waals surface area contributed by atoms with Gasteiger partial charge in [0.1, 0.15) is 17.3 Å². The first-order valence-electron chi connectivity index (χ1n) is 5.40. The van der Waals surface area contributed by atoms with Crippen LogP contribution in [0.2, 0.25) is 0 Å². The maximum absolute atomic E-state index is 13.6. The van der Waals surface area contributed by atoms with Crippen LogP contribution in [0.3, 0.4) is 0 Å². The van der Waals surface area contributed by atoms with E-state index in [9.17, 15) is 30.8 Å². The lowest BCUT2D eigenvalue weighted by molar-refractivity contribution is -0.138. The summed E-state index contributed by atoms with van der Waals surface area (Å²) in [6.07, 6.45) is -4.61. The number of benzene rings is 1. The van der Waals surface area contributed by atoms with Gasteiger partial charge in [-0.25, -0.2) is 12.8 Å². The number of aryl methyl sites for hydroxylation is 1. The number of carbonyl (C=O) groups is 1. The molecule has 1 rings (SSSR count). The number of hydrogen-bond acceptors (Lipinski definition) is 3. The molecule has 0 fully saturated rings. The van der Waals surface area contributed by atoms with Crippen LogP contribution in [0.15, 0.2) is 17.0 Å². The zero-order valence-corrected chi connectivity index (χ0v) is 12.4. The number of hydrogen-bond donors (Lipinski definition) is 0. The maximum Gasteiger partial charge on any atom is 0.406 e. The van der Waals surface area contributed by atoms with Gasteiger partial charge in [0, 0.05) is 23.3 Å². The summed E-state index contributed by atoms with van der Waals surface area (Å²) in [6.45, 7) is -0.355. The molecule has 0 spiro atoms. The van der Waals surface area contributed by atoms with Crippen LogP contribution < -0.4 is 0 Å². The van der Waals surface area contributed by atoms with Crippen molar-refractivity contribution in [3.05, 3.63) is 29.1 Å². The van der Waals surface area contributed by atoms with Crippen LogP contribution in [0.5, 0.6) is 0 Å². The Balaban J connectivity index is 3.27. The smallest absolute Gasteiger partial charge is 0.333 e. The van der Waals surface area contributed by atoms with Gasteiger partial charge in [-0.15, -0.1) is 0 Å². The topological polar surface area (TPSA) is 54.5 Å². The standard InChI is InChI=1S/C11H10ClF4NO3S/c1-6-3-7(4-8(9(6)13)21(12,19)20)10(18)17(2)5-11(14,15)16/h3-4H,5H2,1-2H3. The normalized spacial score (nSPS) is 12.3. The Labute approximate surface area is 122 Å². The minimum Gasteiger partial charge on any atom is -0.333 e. The number of nitrogens with zero attached hydrogens (tertiary/aromatic N) is 1. The molecule has 0 aliphatic carbocycles. The average molecular weight is 348 g/mol. The van der Waals surface area contributed by atoms with Crippen molar-refractivity contribution in [1.29, 1.82) is 0 Å². The summed E-state index contributed by atoms with van der Waals surface area (Å²) in [7, 11) is 1.45. The van der Waals surface area contributed by atoms with Gasteiger partial charge in [-0.3, -0.25) is 4.79 Å². The van der Waals surface area contributed by atoms with Crippen LogP contribution in [0, 0.1) is 12.7 Å². The highest BCUT2D eigenvalue weighted by Gasteiger charge is 2.32. The van der Waals surface area contributed by atoms with Crippen molar-refractivity contribution >= 4 is 25.6 Å². The van der Waals surface area contributed by atoms with E-state index >= 15 is 0 Å². The lowest BCUT2D eigenvalue weighted by Crippen LogP contribution is -2.35. The Morgan fingerprint density at radius 3 is 2.29 bits per heavy atom. The van der Waals surface area contributed by atoms with Crippen molar-refractivity contribution in [3.63, 3.8) is 0 Å². The van der Waals surface area contributed by atoms with Crippen LogP contribution in [0.25, 0.3) is 0 Å². The van der Waals surface area contributed by atoms with E-state index in [1.807, 2.05) is 0 Å². The molecular formula is C11H10ClF4NO3S. The zero-order valence-electron chi connectivity index (χ0n) is 10.8. The monoisotopic (exact) mass is 347 g/mol.